The summed E-state index contributed by atoms with van der Waals surface area (Å²) in [5, 5.41) is 0. The van der Waals surface area contributed by atoms with Crippen molar-refractivity contribution in [2.45, 2.75) is 19.3 Å². The second kappa shape index (κ2) is 4.34. The number of carbonyl (C=O) groups is 1. The number of fused-ring (bicyclic) bond motifs is 1. The summed E-state index contributed by atoms with van der Waals surface area (Å²) >= 11 is 0. The number of anilines is 1. The smallest absolute Gasteiger partial charge is 0.229 e. The zero-order valence-corrected chi connectivity index (χ0v) is 11.6. The molecule has 0 radical (unpaired) electrons. The van der Waals surface area contributed by atoms with Crippen LogP contribution in [-0.4, -0.2) is 20.5 Å². The van der Waals surface area contributed by atoms with E-state index in [4.69, 9.17) is 0 Å². The van der Waals surface area contributed by atoms with Crippen molar-refractivity contribution in [3.8, 4) is 0 Å². The number of sulfonamides is 1. The lowest BCUT2D eigenvalue weighted by molar-refractivity contribution is 0.0951. The minimum atomic E-state index is -3.26. The van der Waals surface area contributed by atoms with Crippen molar-refractivity contribution in [2.75, 3.05) is 11.0 Å². The Bertz CT molecular complexity index is 596. The van der Waals surface area contributed by atoms with Gasteiger partial charge in [-0.15, -0.1) is 0 Å². The monoisotopic (exact) mass is 279 g/mol. The quantitative estimate of drug-likeness (QED) is 0.860. The summed E-state index contributed by atoms with van der Waals surface area (Å²) < 4.78 is 24.6. The molecule has 1 aromatic rings. The number of nitrogens with one attached hydrogen (secondary N) is 1. The molecule has 1 N–H and O–H groups in total. The van der Waals surface area contributed by atoms with Crippen molar-refractivity contribution in [1.29, 1.82) is 0 Å². The van der Waals surface area contributed by atoms with Crippen LogP contribution in [0.4, 0.5) is 5.69 Å². The van der Waals surface area contributed by atoms with Crippen LogP contribution in [0.1, 0.15) is 29.6 Å². The molecule has 0 heterocycles. The van der Waals surface area contributed by atoms with Crippen LogP contribution in [0.3, 0.4) is 0 Å². The van der Waals surface area contributed by atoms with Crippen LogP contribution in [-0.2, 0) is 10.0 Å². The Morgan fingerprint density at radius 2 is 1.74 bits per heavy atom. The molecule has 2 aliphatic rings. The first-order valence-corrected chi connectivity index (χ1v) is 8.47. The minimum Gasteiger partial charge on any atom is -0.294 e. The number of hydrogen-bond acceptors (Lipinski definition) is 3. The third kappa shape index (κ3) is 2.52. The molecule has 1 aromatic carbocycles. The molecular weight excluding hydrogens is 262 g/mol. The first-order chi connectivity index (χ1) is 8.96. The van der Waals surface area contributed by atoms with Gasteiger partial charge in [-0.2, -0.15) is 0 Å². The molecule has 4 nitrogen and oxygen atoms in total. The van der Waals surface area contributed by atoms with Crippen LogP contribution in [0.25, 0.3) is 0 Å². The maximum atomic E-state index is 12.3. The van der Waals surface area contributed by atoms with E-state index in [2.05, 4.69) is 4.72 Å². The molecule has 0 aromatic heterocycles. The lowest BCUT2D eigenvalue weighted by atomic mass is 10.0. The molecule has 0 amide bonds. The Balaban J connectivity index is 1.71. The number of rotatable bonds is 4. The van der Waals surface area contributed by atoms with Crippen molar-refractivity contribution in [2.24, 2.45) is 17.8 Å². The summed E-state index contributed by atoms with van der Waals surface area (Å²) in [6, 6.07) is 6.71. The van der Waals surface area contributed by atoms with Crippen LogP contribution in [0.5, 0.6) is 0 Å². The van der Waals surface area contributed by atoms with Crippen molar-refractivity contribution >= 4 is 21.5 Å². The molecule has 0 saturated heterocycles. The molecule has 2 atom stereocenters. The van der Waals surface area contributed by atoms with Crippen molar-refractivity contribution < 1.29 is 13.2 Å². The van der Waals surface area contributed by atoms with Gasteiger partial charge in [-0.25, -0.2) is 8.42 Å². The van der Waals surface area contributed by atoms with Crippen molar-refractivity contribution in [3.63, 3.8) is 0 Å². The van der Waals surface area contributed by atoms with Crippen molar-refractivity contribution in [1.82, 2.24) is 0 Å². The predicted molar refractivity (Wildman–Crippen MR) is 73.6 cm³/mol. The zero-order chi connectivity index (χ0) is 13.6. The third-order valence-electron chi connectivity index (χ3n) is 4.18. The summed E-state index contributed by atoms with van der Waals surface area (Å²) in [5.74, 6) is 1.67. The Hall–Kier alpha value is -1.36. The first-order valence-electron chi connectivity index (χ1n) is 6.58. The molecule has 3 rings (SSSR count). The van der Waals surface area contributed by atoms with Crippen LogP contribution in [0.15, 0.2) is 24.3 Å². The van der Waals surface area contributed by atoms with Crippen LogP contribution in [0, 0.1) is 17.8 Å². The number of benzene rings is 1. The normalized spacial score (nSPS) is 28.8. The van der Waals surface area contributed by atoms with E-state index in [0.717, 1.165) is 6.26 Å². The number of carbonyl (C=O) groups excluding carboxylic acids is 1. The van der Waals surface area contributed by atoms with Gasteiger partial charge in [-0.1, -0.05) is 6.42 Å². The van der Waals surface area contributed by atoms with E-state index in [9.17, 15) is 13.2 Å². The predicted octanol–water partition coefficient (Wildman–Crippen LogP) is 2.29. The van der Waals surface area contributed by atoms with Gasteiger partial charge in [0.1, 0.15) is 0 Å². The molecule has 0 spiro atoms. The highest BCUT2D eigenvalue weighted by molar-refractivity contribution is 7.92. The summed E-state index contributed by atoms with van der Waals surface area (Å²) in [5.41, 5.74) is 1.19. The van der Waals surface area contributed by atoms with E-state index in [1.165, 1.54) is 19.3 Å². The molecule has 2 saturated carbocycles. The van der Waals surface area contributed by atoms with Crippen LogP contribution in [0.2, 0.25) is 0 Å². The third-order valence-corrected chi connectivity index (χ3v) is 4.79. The Morgan fingerprint density at radius 3 is 2.26 bits per heavy atom. The molecule has 5 heteroatoms. The van der Waals surface area contributed by atoms with E-state index in [-0.39, 0.29) is 11.7 Å². The highest BCUT2D eigenvalue weighted by atomic mass is 32.2. The molecule has 2 fully saturated rings. The van der Waals surface area contributed by atoms with Gasteiger partial charge in [0.25, 0.3) is 0 Å². The number of hydrogen-bond donors (Lipinski definition) is 1. The Labute approximate surface area is 113 Å². The average Bonchev–Trinajstić information content (AvgIpc) is 2.80. The van der Waals surface area contributed by atoms with Gasteiger partial charge in [0.15, 0.2) is 5.78 Å². The molecule has 102 valence electrons. The van der Waals surface area contributed by atoms with Gasteiger partial charge in [-0.3, -0.25) is 9.52 Å². The van der Waals surface area contributed by atoms with E-state index >= 15 is 0 Å². The van der Waals surface area contributed by atoms with Gasteiger partial charge in [0.05, 0.1) is 6.26 Å². The minimum absolute atomic E-state index is 0.223. The summed E-state index contributed by atoms with van der Waals surface area (Å²) in [4.78, 5) is 12.3. The summed E-state index contributed by atoms with van der Waals surface area (Å²) in [7, 11) is -3.26. The zero-order valence-electron chi connectivity index (χ0n) is 10.8. The molecule has 0 bridgehead atoms. The summed E-state index contributed by atoms with van der Waals surface area (Å²) in [6.07, 6.45) is 4.75. The second-order valence-corrected chi connectivity index (χ2v) is 7.35. The van der Waals surface area contributed by atoms with E-state index < -0.39 is 10.0 Å². The summed E-state index contributed by atoms with van der Waals surface area (Å²) in [6.45, 7) is 0. The lowest BCUT2D eigenvalue weighted by Gasteiger charge is -2.06. The van der Waals surface area contributed by atoms with Gasteiger partial charge < -0.3 is 0 Å². The topological polar surface area (TPSA) is 63.2 Å². The number of Topliss-reactive ketones (excluding diaryl/α,β-unsaturated/α-hetero) is 1. The first kappa shape index (κ1) is 12.7. The lowest BCUT2D eigenvalue weighted by Crippen LogP contribution is -2.10. The molecular formula is C14H17NO3S. The maximum Gasteiger partial charge on any atom is 0.229 e. The van der Waals surface area contributed by atoms with Gasteiger partial charge in [0.2, 0.25) is 10.0 Å². The molecule has 2 unspecified atom stereocenters. The van der Waals surface area contributed by atoms with E-state index in [0.29, 0.717) is 23.1 Å². The van der Waals surface area contributed by atoms with Gasteiger partial charge in [0, 0.05) is 17.2 Å². The second-order valence-electron chi connectivity index (χ2n) is 5.60. The van der Waals surface area contributed by atoms with Gasteiger partial charge >= 0.3 is 0 Å². The standard InChI is InChI=1S/C14H17NO3S/c1-19(17,18)15-10-7-5-9(6-8-10)14(16)13-11-3-2-4-12(11)13/h5-8,11-13,15H,2-4H2,1H3. The fraction of sp³-hybridized carbons (Fsp3) is 0.500. The van der Waals surface area contributed by atoms with Crippen LogP contribution >= 0.6 is 0 Å². The fourth-order valence-electron chi connectivity index (χ4n) is 3.32. The van der Waals surface area contributed by atoms with E-state index in [1.54, 1.807) is 24.3 Å². The molecule has 19 heavy (non-hydrogen) atoms. The Morgan fingerprint density at radius 1 is 1.16 bits per heavy atom. The molecule has 0 aliphatic heterocycles. The largest absolute Gasteiger partial charge is 0.294 e. The SMILES string of the molecule is CS(=O)(=O)Nc1ccc(C(=O)C2C3CCCC32)cc1. The highest BCUT2D eigenvalue weighted by Crippen LogP contribution is 2.58. The Kier molecular flexibility index (Phi) is 2.89. The molecule has 2 aliphatic carbocycles. The van der Waals surface area contributed by atoms with Gasteiger partial charge in [-0.05, 0) is 48.9 Å². The van der Waals surface area contributed by atoms with Crippen LogP contribution < -0.4 is 4.72 Å². The van der Waals surface area contributed by atoms with E-state index in [1.807, 2.05) is 0 Å². The number of ketones is 1. The van der Waals surface area contributed by atoms with Crippen molar-refractivity contribution in [3.05, 3.63) is 29.8 Å². The average molecular weight is 279 g/mol. The maximum absolute atomic E-state index is 12.3. The highest BCUT2D eigenvalue weighted by Gasteiger charge is 2.56. The fourth-order valence-corrected chi connectivity index (χ4v) is 3.88.